The number of hydrogen-bond donors (Lipinski definition) is 1. The number of para-hydroxylation sites is 2. The fraction of sp³-hybridized carbons (Fsp3) is 0.103. The zero-order valence-electron chi connectivity index (χ0n) is 20.0. The summed E-state index contributed by atoms with van der Waals surface area (Å²) >= 11 is 1.37. The maximum atomic E-state index is 13.3. The summed E-state index contributed by atoms with van der Waals surface area (Å²) in [4.78, 5) is 35.2. The zero-order valence-corrected chi connectivity index (χ0v) is 20.8. The van der Waals surface area contributed by atoms with Gasteiger partial charge >= 0.3 is 5.97 Å². The van der Waals surface area contributed by atoms with Gasteiger partial charge in [-0.1, -0.05) is 53.8 Å². The average molecular weight is 508 g/mol. The van der Waals surface area contributed by atoms with Crippen molar-refractivity contribution in [2.75, 3.05) is 5.32 Å². The number of rotatable bonds is 5. The number of nitrogens with zero attached hydrogens (tertiary/aromatic N) is 2. The van der Waals surface area contributed by atoms with Gasteiger partial charge in [0.1, 0.15) is 5.52 Å². The second-order valence-electron chi connectivity index (χ2n) is 8.72. The molecule has 0 bridgehead atoms. The molecule has 7 nitrogen and oxygen atoms in total. The van der Waals surface area contributed by atoms with E-state index in [1.807, 2.05) is 73.7 Å². The van der Waals surface area contributed by atoms with Crippen LogP contribution in [0.4, 0.5) is 5.13 Å². The van der Waals surface area contributed by atoms with Crippen LogP contribution in [-0.4, -0.2) is 27.9 Å². The molecule has 1 N–H and O–H groups in total. The molecule has 0 fully saturated rings. The number of carbonyl (C=O) groups is 2. The van der Waals surface area contributed by atoms with Crippen molar-refractivity contribution in [1.82, 2.24) is 9.97 Å². The summed E-state index contributed by atoms with van der Waals surface area (Å²) in [6.07, 6.45) is -1.03. The number of nitrogens with one attached hydrogen (secondary N) is 1. The van der Waals surface area contributed by atoms with Gasteiger partial charge in [-0.05, 0) is 61.2 Å². The highest BCUT2D eigenvalue weighted by molar-refractivity contribution is 7.22. The average Bonchev–Trinajstić information content (AvgIpc) is 3.51. The van der Waals surface area contributed by atoms with Gasteiger partial charge in [0.05, 0.1) is 15.8 Å². The molecule has 37 heavy (non-hydrogen) atoms. The number of aromatic nitrogens is 2. The molecule has 8 heteroatoms. The minimum absolute atomic E-state index is 0.325. The van der Waals surface area contributed by atoms with Crippen LogP contribution in [0.2, 0.25) is 0 Å². The molecule has 0 saturated heterocycles. The fourth-order valence-corrected chi connectivity index (χ4v) is 5.21. The summed E-state index contributed by atoms with van der Waals surface area (Å²) in [6.45, 7) is 3.54. The van der Waals surface area contributed by atoms with E-state index in [1.54, 1.807) is 12.1 Å². The Kier molecular flexibility index (Phi) is 5.65. The number of thiazole rings is 1. The van der Waals surface area contributed by atoms with Gasteiger partial charge < -0.3 is 9.15 Å². The van der Waals surface area contributed by atoms with Crippen molar-refractivity contribution >= 4 is 60.4 Å². The molecule has 6 aromatic rings. The van der Waals surface area contributed by atoms with Crippen LogP contribution >= 0.6 is 11.3 Å². The van der Waals surface area contributed by atoms with E-state index < -0.39 is 18.0 Å². The highest BCUT2D eigenvalue weighted by Crippen LogP contribution is 2.33. The van der Waals surface area contributed by atoms with Crippen molar-refractivity contribution in [2.24, 2.45) is 0 Å². The van der Waals surface area contributed by atoms with Crippen molar-refractivity contribution in [2.45, 2.75) is 20.0 Å². The summed E-state index contributed by atoms with van der Waals surface area (Å²) < 4.78 is 12.6. The molecule has 0 aliphatic heterocycles. The predicted octanol–water partition coefficient (Wildman–Crippen LogP) is 6.75. The first-order valence-electron chi connectivity index (χ1n) is 11.7. The number of aryl methyl sites for hydroxylation is 1. The number of esters is 1. The third-order valence-corrected chi connectivity index (χ3v) is 7.01. The lowest BCUT2D eigenvalue weighted by Gasteiger charge is -2.14. The van der Waals surface area contributed by atoms with Crippen LogP contribution in [0, 0.1) is 6.92 Å². The Balaban J connectivity index is 1.28. The van der Waals surface area contributed by atoms with Gasteiger partial charge in [0.15, 0.2) is 16.8 Å². The standard InChI is InChI=1S/C29H21N3O4S/c1-16-13-14-22-24(15-16)37-29(31-22)32-26(33)17(2)35-28(34)20-10-6-8-18-7-5-9-19(25(18)20)27-30-21-11-3-4-12-23(21)36-27/h3-15,17H,1-2H3,(H,31,32,33). The summed E-state index contributed by atoms with van der Waals surface area (Å²) in [7, 11) is 0. The Morgan fingerprint density at radius 2 is 1.76 bits per heavy atom. The van der Waals surface area contributed by atoms with E-state index in [0.717, 1.165) is 26.7 Å². The third kappa shape index (κ3) is 4.32. The number of oxazole rings is 1. The Hall–Kier alpha value is -4.56. The minimum atomic E-state index is -1.03. The van der Waals surface area contributed by atoms with E-state index in [0.29, 0.717) is 33.1 Å². The van der Waals surface area contributed by atoms with Gasteiger partial charge in [-0.25, -0.2) is 14.8 Å². The smallest absolute Gasteiger partial charge is 0.339 e. The number of ether oxygens (including phenoxy) is 1. The molecule has 1 atom stereocenters. The first-order valence-corrected chi connectivity index (χ1v) is 12.5. The van der Waals surface area contributed by atoms with Gasteiger partial charge in [0, 0.05) is 10.9 Å². The van der Waals surface area contributed by atoms with Crippen LogP contribution in [0.25, 0.3) is 43.5 Å². The lowest BCUT2D eigenvalue weighted by Crippen LogP contribution is -2.30. The molecule has 0 radical (unpaired) electrons. The molecule has 1 unspecified atom stereocenters. The summed E-state index contributed by atoms with van der Waals surface area (Å²) in [5, 5.41) is 4.70. The van der Waals surface area contributed by atoms with E-state index in [4.69, 9.17) is 9.15 Å². The second-order valence-corrected chi connectivity index (χ2v) is 9.75. The van der Waals surface area contributed by atoms with Crippen molar-refractivity contribution in [1.29, 1.82) is 0 Å². The minimum Gasteiger partial charge on any atom is -0.449 e. The normalized spacial score (nSPS) is 12.2. The zero-order chi connectivity index (χ0) is 25.5. The Morgan fingerprint density at radius 1 is 0.946 bits per heavy atom. The van der Waals surface area contributed by atoms with Crippen molar-refractivity contribution in [3.8, 4) is 11.5 Å². The maximum absolute atomic E-state index is 13.3. The quantitative estimate of drug-likeness (QED) is 0.259. The Bertz CT molecular complexity index is 1780. The van der Waals surface area contributed by atoms with Gasteiger partial charge in [-0.15, -0.1) is 0 Å². The highest BCUT2D eigenvalue weighted by Gasteiger charge is 2.23. The van der Waals surface area contributed by atoms with Crippen LogP contribution in [0.3, 0.4) is 0 Å². The fourth-order valence-electron chi connectivity index (χ4n) is 4.25. The number of carbonyl (C=O) groups excluding carboxylic acids is 2. The topological polar surface area (TPSA) is 94.3 Å². The van der Waals surface area contributed by atoms with Gasteiger partial charge in [-0.3, -0.25) is 10.1 Å². The lowest BCUT2D eigenvalue weighted by molar-refractivity contribution is -0.123. The van der Waals surface area contributed by atoms with E-state index in [-0.39, 0.29) is 0 Å². The molecule has 1 amide bonds. The highest BCUT2D eigenvalue weighted by atomic mass is 32.1. The first-order chi connectivity index (χ1) is 18.0. The molecular weight excluding hydrogens is 486 g/mol. The molecule has 4 aromatic carbocycles. The van der Waals surface area contributed by atoms with Crippen LogP contribution in [-0.2, 0) is 9.53 Å². The summed E-state index contributed by atoms with van der Waals surface area (Å²) in [6, 6.07) is 24.4. The van der Waals surface area contributed by atoms with Gasteiger partial charge in [0.2, 0.25) is 5.89 Å². The second kappa shape index (κ2) is 9.15. The molecule has 0 aliphatic rings. The number of hydrogen-bond acceptors (Lipinski definition) is 7. The molecular formula is C29H21N3O4S. The predicted molar refractivity (Wildman–Crippen MR) is 145 cm³/mol. The Labute approximate surface area is 215 Å². The summed E-state index contributed by atoms with van der Waals surface area (Å²) in [5.41, 5.74) is 4.30. The SMILES string of the molecule is Cc1ccc2nc(NC(=O)C(C)OC(=O)c3cccc4cccc(-c5nc6ccccc6o5)c34)sc2c1. The number of benzene rings is 4. The van der Waals surface area contributed by atoms with E-state index in [9.17, 15) is 9.59 Å². The van der Waals surface area contributed by atoms with Crippen LogP contribution < -0.4 is 5.32 Å². The largest absolute Gasteiger partial charge is 0.449 e. The molecule has 6 rings (SSSR count). The molecule has 2 heterocycles. The number of fused-ring (bicyclic) bond motifs is 3. The van der Waals surface area contributed by atoms with Crippen molar-refractivity contribution in [3.05, 3.63) is 90.0 Å². The Morgan fingerprint density at radius 3 is 2.59 bits per heavy atom. The van der Waals surface area contributed by atoms with Crippen molar-refractivity contribution in [3.63, 3.8) is 0 Å². The molecule has 182 valence electrons. The molecule has 0 spiro atoms. The van der Waals surface area contributed by atoms with E-state index >= 15 is 0 Å². The molecule has 0 aliphatic carbocycles. The molecule has 2 aromatic heterocycles. The van der Waals surface area contributed by atoms with Crippen LogP contribution in [0.15, 0.2) is 83.3 Å². The number of amides is 1. The van der Waals surface area contributed by atoms with Crippen LogP contribution in [0.5, 0.6) is 0 Å². The monoisotopic (exact) mass is 507 g/mol. The van der Waals surface area contributed by atoms with E-state index in [2.05, 4.69) is 15.3 Å². The van der Waals surface area contributed by atoms with Gasteiger partial charge in [0.25, 0.3) is 5.91 Å². The third-order valence-electron chi connectivity index (χ3n) is 6.08. The summed E-state index contributed by atoms with van der Waals surface area (Å²) in [5.74, 6) is -0.663. The van der Waals surface area contributed by atoms with Gasteiger partial charge in [-0.2, -0.15) is 0 Å². The maximum Gasteiger partial charge on any atom is 0.339 e. The number of anilines is 1. The van der Waals surface area contributed by atoms with E-state index in [1.165, 1.54) is 18.3 Å². The van der Waals surface area contributed by atoms with Crippen LogP contribution in [0.1, 0.15) is 22.8 Å². The lowest BCUT2D eigenvalue weighted by atomic mass is 9.99. The molecule has 0 saturated carbocycles. The first kappa shape index (κ1) is 22.9. The van der Waals surface area contributed by atoms with Crippen molar-refractivity contribution < 1.29 is 18.7 Å².